The van der Waals surface area contributed by atoms with E-state index < -0.39 is 0 Å². The SMILES string of the molecule is Cl.Cl.NOCC(=O)Nc1ccc(-c2ccc(NC(=O)CON)cc2)cc1. The summed E-state index contributed by atoms with van der Waals surface area (Å²) in [6.07, 6.45) is 0. The summed E-state index contributed by atoms with van der Waals surface area (Å²) < 4.78 is 0. The summed E-state index contributed by atoms with van der Waals surface area (Å²) in [6, 6.07) is 14.6. The topological polar surface area (TPSA) is 129 Å². The Hall–Kier alpha value is -2.20. The molecule has 0 heterocycles. The van der Waals surface area contributed by atoms with Crippen LogP contribution in [0.15, 0.2) is 48.5 Å². The molecule has 0 fully saturated rings. The standard InChI is InChI=1S/C16H18N4O4.2ClH/c17-23-9-15(21)19-13-5-1-11(2-6-13)12-3-7-14(8-4-12)20-16(22)10-24-18;;/h1-8H,9-10,17-18H2,(H,19,21)(H,20,22);2*1H. The van der Waals surface area contributed by atoms with Crippen LogP contribution in [0.5, 0.6) is 0 Å². The molecule has 0 spiro atoms. The zero-order chi connectivity index (χ0) is 17.4. The van der Waals surface area contributed by atoms with E-state index in [0.717, 1.165) is 11.1 Å². The first kappa shape index (κ1) is 23.8. The second kappa shape index (κ2) is 12.2. The molecule has 0 aliphatic carbocycles. The molecule has 2 rings (SSSR count). The average molecular weight is 403 g/mol. The molecular weight excluding hydrogens is 383 g/mol. The van der Waals surface area contributed by atoms with Crippen LogP contribution in [0.25, 0.3) is 11.1 Å². The molecule has 2 aromatic rings. The highest BCUT2D eigenvalue weighted by atomic mass is 35.5. The van der Waals surface area contributed by atoms with E-state index in [-0.39, 0.29) is 49.8 Å². The lowest BCUT2D eigenvalue weighted by molar-refractivity contribution is -0.121. The number of rotatable bonds is 7. The molecule has 0 saturated carbocycles. The van der Waals surface area contributed by atoms with Crippen LogP contribution in [-0.2, 0) is 19.3 Å². The summed E-state index contributed by atoms with van der Waals surface area (Å²) in [5.74, 6) is 9.03. The van der Waals surface area contributed by atoms with E-state index in [1.165, 1.54) is 0 Å². The highest BCUT2D eigenvalue weighted by Crippen LogP contribution is 2.23. The van der Waals surface area contributed by atoms with E-state index in [1.54, 1.807) is 24.3 Å². The normalized spacial score (nSPS) is 9.46. The first-order valence-electron chi connectivity index (χ1n) is 7.06. The molecular formula is C16H20Cl2N4O4. The van der Waals surface area contributed by atoms with Crippen molar-refractivity contribution >= 4 is 48.0 Å². The van der Waals surface area contributed by atoms with Gasteiger partial charge in [0.15, 0.2) is 0 Å². The lowest BCUT2D eigenvalue weighted by Gasteiger charge is -2.08. The van der Waals surface area contributed by atoms with Crippen LogP contribution in [0.3, 0.4) is 0 Å². The van der Waals surface area contributed by atoms with Gasteiger partial charge in [0.05, 0.1) is 0 Å². The molecule has 0 aromatic heterocycles. The van der Waals surface area contributed by atoms with Crippen LogP contribution in [0.1, 0.15) is 0 Å². The molecule has 26 heavy (non-hydrogen) atoms. The van der Waals surface area contributed by atoms with Gasteiger partial charge in [-0.25, -0.2) is 11.8 Å². The fraction of sp³-hybridized carbons (Fsp3) is 0.125. The minimum atomic E-state index is -0.327. The molecule has 0 bridgehead atoms. The largest absolute Gasteiger partial charge is 0.324 e. The highest BCUT2D eigenvalue weighted by Gasteiger charge is 2.04. The molecule has 0 unspecified atom stereocenters. The molecule has 142 valence electrons. The van der Waals surface area contributed by atoms with Gasteiger partial charge in [0, 0.05) is 11.4 Å². The minimum Gasteiger partial charge on any atom is -0.324 e. The van der Waals surface area contributed by atoms with Crippen molar-refractivity contribution in [3.63, 3.8) is 0 Å². The molecule has 2 amide bonds. The van der Waals surface area contributed by atoms with Crippen LogP contribution in [-0.4, -0.2) is 25.0 Å². The third-order valence-electron chi connectivity index (χ3n) is 3.10. The first-order chi connectivity index (χ1) is 11.6. The van der Waals surface area contributed by atoms with E-state index >= 15 is 0 Å². The molecule has 6 N–H and O–H groups in total. The first-order valence-corrected chi connectivity index (χ1v) is 7.06. The van der Waals surface area contributed by atoms with Crippen LogP contribution < -0.4 is 22.4 Å². The Kier molecular flexibility index (Phi) is 11.2. The van der Waals surface area contributed by atoms with Crippen molar-refractivity contribution in [2.45, 2.75) is 0 Å². The van der Waals surface area contributed by atoms with Crippen molar-refractivity contribution in [3.8, 4) is 11.1 Å². The summed E-state index contributed by atoms with van der Waals surface area (Å²) >= 11 is 0. The van der Waals surface area contributed by atoms with E-state index in [9.17, 15) is 9.59 Å². The van der Waals surface area contributed by atoms with Gasteiger partial charge in [0.2, 0.25) is 0 Å². The number of carbonyl (C=O) groups is 2. The molecule has 0 aliphatic rings. The minimum absolute atomic E-state index is 0. The van der Waals surface area contributed by atoms with Gasteiger partial charge in [-0.15, -0.1) is 24.8 Å². The Balaban J connectivity index is 0.00000312. The van der Waals surface area contributed by atoms with E-state index in [1.807, 2.05) is 24.3 Å². The summed E-state index contributed by atoms with van der Waals surface area (Å²) in [6.45, 7) is -0.408. The number of benzene rings is 2. The number of amides is 2. The average Bonchev–Trinajstić information content (AvgIpc) is 2.57. The highest BCUT2D eigenvalue weighted by molar-refractivity contribution is 5.92. The van der Waals surface area contributed by atoms with Gasteiger partial charge < -0.3 is 10.6 Å². The third kappa shape index (κ3) is 7.36. The molecule has 0 aliphatic heterocycles. The van der Waals surface area contributed by atoms with Crippen LogP contribution in [0.2, 0.25) is 0 Å². The third-order valence-corrected chi connectivity index (χ3v) is 3.10. The van der Waals surface area contributed by atoms with Gasteiger partial charge >= 0.3 is 0 Å². The Morgan fingerprint density at radius 2 is 1.00 bits per heavy atom. The van der Waals surface area contributed by atoms with Gasteiger partial charge in [0.25, 0.3) is 11.8 Å². The van der Waals surface area contributed by atoms with Crippen LogP contribution in [0, 0.1) is 0 Å². The molecule has 10 heteroatoms. The van der Waals surface area contributed by atoms with E-state index in [4.69, 9.17) is 11.8 Å². The molecule has 8 nitrogen and oxygen atoms in total. The monoisotopic (exact) mass is 402 g/mol. The molecule has 2 aromatic carbocycles. The summed E-state index contributed by atoms with van der Waals surface area (Å²) in [7, 11) is 0. The summed E-state index contributed by atoms with van der Waals surface area (Å²) in [5, 5.41) is 5.30. The van der Waals surface area contributed by atoms with Crippen molar-refractivity contribution in [1.82, 2.24) is 0 Å². The molecule has 0 atom stereocenters. The number of halogens is 2. The van der Waals surface area contributed by atoms with Gasteiger partial charge in [0.1, 0.15) is 13.2 Å². The lowest BCUT2D eigenvalue weighted by atomic mass is 10.0. The summed E-state index contributed by atoms with van der Waals surface area (Å²) in [5.41, 5.74) is 3.22. The number of anilines is 2. The Bertz CT molecular complexity index is 635. The molecule has 0 saturated heterocycles. The van der Waals surface area contributed by atoms with E-state index in [2.05, 4.69) is 20.3 Å². The fourth-order valence-corrected chi connectivity index (χ4v) is 2.04. The summed E-state index contributed by atoms with van der Waals surface area (Å²) in [4.78, 5) is 31.3. The lowest BCUT2D eigenvalue weighted by Crippen LogP contribution is -2.20. The smallest absolute Gasteiger partial charge is 0.252 e. The van der Waals surface area contributed by atoms with Crippen molar-refractivity contribution in [2.24, 2.45) is 11.8 Å². The molecule has 0 radical (unpaired) electrons. The zero-order valence-corrected chi connectivity index (χ0v) is 15.3. The number of hydrogen-bond donors (Lipinski definition) is 4. The van der Waals surface area contributed by atoms with Crippen molar-refractivity contribution < 1.29 is 19.3 Å². The maximum Gasteiger partial charge on any atom is 0.252 e. The maximum atomic E-state index is 11.4. The maximum absolute atomic E-state index is 11.4. The second-order valence-electron chi connectivity index (χ2n) is 4.87. The Morgan fingerprint density at radius 3 is 1.27 bits per heavy atom. The number of carbonyl (C=O) groups excluding carboxylic acids is 2. The van der Waals surface area contributed by atoms with Crippen LogP contribution >= 0.6 is 24.8 Å². The van der Waals surface area contributed by atoms with E-state index in [0.29, 0.717) is 11.4 Å². The van der Waals surface area contributed by atoms with Crippen molar-refractivity contribution in [3.05, 3.63) is 48.5 Å². The zero-order valence-electron chi connectivity index (χ0n) is 13.6. The van der Waals surface area contributed by atoms with Gasteiger partial charge in [-0.3, -0.25) is 19.3 Å². The van der Waals surface area contributed by atoms with Gasteiger partial charge in [-0.05, 0) is 35.4 Å². The van der Waals surface area contributed by atoms with Crippen molar-refractivity contribution in [2.75, 3.05) is 23.8 Å². The van der Waals surface area contributed by atoms with Crippen molar-refractivity contribution in [1.29, 1.82) is 0 Å². The quantitative estimate of drug-likeness (QED) is 0.523. The number of nitrogens with two attached hydrogens (primary N) is 2. The predicted molar refractivity (Wildman–Crippen MR) is 104 cm³/mol. The van der Waals surface area contributed by atoms with Gasteiger partial charge in [-0.1, -0.05) is 24.3 Å². The number of hydrogen-bond acceptors (Lipinski definition) is 6. The fourth-order valence-electron chi connectivity index (χ4n) is 2.04. The Morgan fingerprint density at radius 1 is 0.692 bits per heavy atom. The number of nitrogens with one attached hydrogen (secondary N) is 2. The predicted octanol–water partition coefficient (Wildman–Crippen LogP) is 1.85. The Labute approximate surface area is 162 Å². The second-order valence-corrected chi connectivity index (χ2v) is 4.87. The van der Waals surface area contributed by atoms with Gasteiger partial charge in [-0.2, -0.15) is 0 Å². The van der Waals surface area contributed by atoms with Crippen LogP contribution in [0.4, 0.5) is 11.4 Å².